The molecule has 86 valence electrons. The highest BCUT2D eigenvalue weighted by Crippen LogP contribution is 2.21. The van der Waals surface area contributed by atoms with Gasteiger partial charge in [-0.15, -0.1) is 0 Å². The van der Waals surface area contributed by atoms with Gasteiger partial charge in [0.15, 0.2) is 0 Å². The van der Waals surface area contributed by atoms with Crippen LogP contribution < -0.4 is 5.32 Å². The van der Waals surface area contributed by atoms with Gasteiger partial charge in [-0.25, -0.2) is 0 Å². The van der Waals surface area contributed by atoms with E-state index in [4.69, 9.17) is 16.9 Å². The molecule has 0 amide bonds. The summed E-state index contributed by atoms with van der Waals surface area (Å²) < 4.78 is 0. The quantitative estimate of drug-likeness (QED) is 0.848. The highest BCUT2D eigenvalue weighted by atomic mass is 35.5. The Kier molecular flexibility index (Phi) is 4.60. The van der Waals surface area contributed by atoms with E-state index in [9.17, 15) is 5.11 Å². The largest absolute Gasteiger partial charge is 0.394 e. The summed E-state index contributed by atoms with van der Waals surface area (Å²) in [5.41, 5.74) is 1.20. The Morgan fingerprint density at radius 1 is 1.50 bits per heavy atom. The number of rotatable bonds is 4. The van der Waals surface area contributed by atoms with Gasteiger partial charge < -0.3 is 10.4 Å². The van der Waals surface area contributed by atoms with Gasteiger partial charge in [-0.05, 0) is 24.1 Å². The predicted octanol–water partition coefficient (Wildman–Crippen LogP) is 2.64. The Morgan fingerprint density at radius 2 is 2.19 bits per heavy atom. The molecule has 0 fully saturated rings. The van der Waals surface area contributed by atoms with Crippen LogP contribution >= 0.6 is 11.6 Å². The van der Waals surface area contributed by atoms with E-state index in [0.29, 0.717) is 16.3 Å². The Hall–Kier alpha value is -1.24. The molecular weight excluding hydrogens is 224 g/mol. The maximum absolute atomic E-state index is 9.20. The molecule has 0 spiro atoms. The normalized spacial score (nSPS) is 12.2. The minimum absolute atomic E-state index is 0.0329. The van der Waals surface area contributed by atoms with Crippen molar-refractivity contribution in [3.8, 4) is 6.07 Å². The van der Waals surface area contributed by atoms with Crippen LogP contribution in [0.2, 0.25) is 5.02 Å². The van der Waals surface area contributed by atoms with Gasteiger partial charge in [0, 0.05) is 5.02 Å². The molecule has 0 heterocycles. The Morgan fingerprint density at radius 3 is 2.69 bits per heavy atom. The molecule has 1 rings (SSSR count). The lowest BCUT2D eigenvalue weighted by molar-refractivity contribution is 0.249. The van der Waals surface area contributed by atoms with Crippen LogP contribution in [0, 0.1) is 17.2 Å². The second kappa shape index (κ2) is 5.74. The number of nitriles is 1. The molecule has 3 nitrogen and oxygen atoms in total. The fourth-order valence-corrected chi connectivity index (χ4v) is 1.53. The fourth-order valence-electron chi connectivity index (χ4n) is 1.36. The third kappa shape index (κ3) is 3.13. The molecule has 1 unspecified atom stereocenters. The first-order chi connectivity index (χ1) is 7.58. The average Bonchev–Trinajstić information content (AvgIpc) is 2.26. The number of hydrogen-bond donors (Lipinski definition) is 2. The summed E-state index contributed by atoms with van der Waals surface area (Å²) >= 11 is 5.80. The topological polar surface area (TPSA) is 56.0 Å². The van der Waals surface area contributed by atoms with Crippen molar-refractivity contribution in [1.29, 1.82) is 5.26 Å². The maximum atomic E-state index is 9.20. The van der Waals surface area contributed by atoms with Gasteiger partial charge in [-0.3, -0.25) is 0 Å². The summed E-state index contributed by atoms with van der Waals surface area (Å²) in [5.74, 6) is 0.284. The maximum Gasteiger partial charge on any atom is 0.101 e. The molecule has 1 aromatic carbocycles. The van der Waals surface area contributed by atoms with Gasteiger partial charge >= 0.3 is 0 Å². The van der Waals surface area contributed by atoms with Crippen LogP contribution in [0.3, 0.4) is 0 Å². The van der Waals surface area contributed by atoms with E-state index in [0.717, 1.165) is 0 Å². The van der Waals surface area contributed by atoms with Crippen LogP contribution in [0.4, 0.5) is 5.69 Å². The molecule has 0 saturated heterocycles. The second-order valence-electron chi connectivity index (χ2n) is 3.98. The van der Waals surface area contributed by atoms with Gasteiger partial charge in [0.1, 0.15) is 6.07 Å². The zero-order valence-electron chi connectivity index (χ0n) is 9.37. The van der Waals surface area contributed by atoms with Crippen molar-refractivity contribution in [1.82, 2.24) is 0 Å². The molecule has 0 aliphatic carbocycles. The lowest BCUT2D eigenvalue weighted by Crippen LogP contribution is -2.29. The van der Waals surface area contributed by atoms with Crippen molar-refractivity contribution in [2.75, 3.05) is 11.9 Å². The monoisotopic (exact) mass is 238 g/mol. The smallest absolute Gasteiger partial charge is 0.101 e. The number of nitrogens with zero attached hydrogens (tertiary/aromatic N) is 1. The van der Waals surface area contributed by atoms with Crippen molar-refractivity contribution >= 4 is 17.3 Å². The Labute approximate surface area is 101 Å². The molecule has 1 aromatic rings. The molecule has 0 aromatic heterocycles. The fraction of sp³-hybridized carbons (Fsp3) is 0.417. The highest BCUT2D eigenvalue weighted by Gasteiger charge is 2.13. The summed E-state index contributed by atoms with van der Waals surface area (Å²) in [6.07, 6.45) is 0. The lowest BCUT2D eigenvalue weighted by atomic mass is 10.0. The van der Waals surface area contributed by atoms with E-state index < -0.39 is 0 Å². The third-order valence-corrected chi connectivity index (χ3v) is 2.68. The van der Waals surface area contributed by atoms with E-state index in [-0.39, 0.29) is 18.6 Å². The summed E-state index contributed by atoms with van der Waals surface area (Å²) in [5, 5.41) is 21.8. The summed E-state index contributed by atoms with van der Waals surface area (Å²) in [6.45, 7) is 4.05. The molecule has 4 heteroatoms. The standard InChI is InChI=1S/C12H15ClN2O/c1-8(2)12(7-16)15-11-4-3-10(13)5-9(11)6-14/h3-5,8,12,15-16H,7H2,1-2H3. The van der Waals surface area contributed by atoms with Gasteiger partial charge in [0.25, 0.3) is 0 Å². The highest BCUT2D eigenvalue weighted by molar-refractivity contribution is 6.30. The number of benzene rings is 1. The molecule has 0 radical (unpaired) electrons. The zero-order chi connectivity index (χ0) is 12.1. The van der Waals surface area contributed by atoms with Gasteiger partial charge in [0.05, 0.1) is 23.9 Å². The van der Waals surface area contributed by atoms with Crippen LogP contribution in [0.15, 0.2) is 18.2 Å². The van der Waals surface area contributed by atoms with E-state index in [2.05, 4.69) is 11.4 Å². The van der Waals surface area contributed by atoms with Crippen molar-refractivity contribution in [2.24, 2.45) is 5.92 Å². The Bertz CT molecular complexity index is 398. The van der Waals surface area contributed by atoms with E-state index in [1.807, 2.05) is 13.8 Å². The summed E-state index contributed by atoms with van der Waals surface area (Å²) in [6, 6.07) is 7.10. The molecular formula is C12H15ClN2O. The number of anilines is 1. The van der Waals surface area contributed by atoms with E-state index in [1.54, 1.807) is 18.2 Å². The van der Waals surface area contributed by atoms with E-state index in [1.165, 1.54) is 0 Å². The minimum atomic E-state index is -0.0618. The van der Waals surface area contributed by atoms with Crippen LogP contribution in [0.5, 0.6) is 0 Å². The molecule has 0 aliphatic rings. The number of hydrogen-bond acceptors (Lipinski definition) is 3. The molecule has 0 bridgehead atoms. The van der Waals surface area contributed by atoms with Gasteiger partial charge in [-0.2, -0.15) is 5.26 Å². The lowest BCUT2D eigenvalue weighted by Gasteiger charge is -2.21. The SMILES string of the molecule is CC(C)C(CO)Nc1ccc(Cl)cc1C#N. The second-order valence-corrected chi connectivity index (χ2v) is 4.42. The minimum Gasteiger partial charge on any atom is -0.394 e. The predicted molar refractivity (Wildman–Crippen MR) is 65.5 cm³/mol. The number of aliphatic hydroxyl groups excluding tert-OH is 1. The summed E-state index contributed by atoms with van der Waals surface area (Å²) in [4.78, 5) is 0. The van der Waals surface area contributed by atoms with Crippen molar-refractivity contribution in [3.05, 3.63) is 28.8 Å². The van der Waals surface area contributed by atoms with Crippen LogP contribution in [0.1, 0.15) is 19.4 Å². The van der Waals surface area contributed by atoms with Crippen molar-refractivity contribution in [3.63, 3.8) is 0 Å². The first-order valence-electron chi connectivity index (χ1n) is 5.15. The first-order valence-corrected chi connectivity index (χ1v) is 5.53. The summed E-state index contributed by atoms with van der Waals surface area (Å²) in [7, 11) is 0. The first kappa shape index (κ1) is 12.8. The number of halogens is 1. The van der Waals surface area contributed by atoms with Gasteiger partial charge in [-0.1, -0.05) is 25.4 Å². The van der Waals surface area contributed by atoms with Crippen LogP contribution in [0.25, 0.3) is 0 Å². The van der Waals surface area contributed by atoms with Crippen LogP contribution in [-0.4, -0.2) is 17.8 Å². The molecule has 1 atom stereocenters. The van der Waals surface area contributed by atoms with Crippen molar-refractivity contribution < 1.29 is 5.11 Å². The molecule has 2 N–H and O–H groups in total. The average molecular weight is 239 g/mol. The van der Waals surface area contributed by atoms with Gasteiger partial charge in [0.2, 0.25) is 0 Å². The molecule has 0 aliphatic heterocycles. The van der Waals surface area contributed by atoms with Crippen LogP contribution in [-0.2, 0) is 0 Å². The number of aliphatic hydroxyl groups is 1. The molecule has 16 heavy (non-hydrogen) atoms. The Balaban J connectivity index is 2.92. The number of nitrogens with one attached hydrogen (secondary N) is 1. The van der Waals surface area contributed by atoms with E-state index >= 15 is 0 Å². The third-order valence-electron chi connectivity index (χ3n) is 2.44. The molecule has 0 saturated carbocycles. The zero-order valence-corrected chi connectivity index (χ0v) is 10.1. The van der Waals surface area contributed by atoms with Crippen molar-refractivity contribution in [2.45, 2.75) is 19.9 Å².